The van der Waals surface area contributed by atoms with Gasteiger partial charge in [0.25, 0.3) is 5.91 Å². The molecular weight excluding hydrogens is 350 g/mol. The summed E-state index contributed by atoms with van der Waals surface area (Å²) in [7, 11) is 1.90. The van der Waals surface area contributed by atoms with Gasteiger partial charge in [0.15, 0.2) is 0 Å². The zero-order valence-electron chi connectivity index (χ0n) is 16.3. The Morgan fingerprint density at radius 3 is 2.32 bits per heavy atom. The highest BCUT2D eigenvalue weighted by molar-refractivity contribution is 5.94. The summed E-state index contributed by atoms with van der Waals surface area (Å²) < 4.78 is 0. The number of piperidine rings is 1. The summed E-state index contributed by atoms with van der Waals surface area (Å²) in [6.45, 7) is 0. The van der Waals surface area contributed by atoms with E-state index in [1.807, 2.05) is 54.4 Å². The van der Waals surface area contributed by atoms with Crippen molar-refractivity contribution in [1.29, 1.82) is 0 Å². The molecule has 1 aromatic carbocycles. The third-order valence-corrected chi connectivity index (χ3v) is 6.26. The molecule has 146 valence electrons. The zero-order chi connectivity index (χ0) is 19.5. The molecule has 0 radical (unpaired) electrons. The van der Waals surface area contributed by atoms with Crippen LogP contribution in [0.4, 0.5) is 0 Å². The lowest BCUT2D eigenvalue weighted by atomic mass is 9.95. The van der Waals surface area contributed by atoms with E-state index in [2.05, 4.69) is 9.88 Å². The van der Waals surface area contributed by atoms with Crippen molar-refractivity contribution >= 4 is 11.8 Å². The lowest BCUT2D eigenvalue weighted by Gasteiger charge is -2.42. The van der Waals surface area contributed by atoms with Crippen LogP contribution in [-0.2, 0) is 11.2 Å². The van der Waals surface area contributed by atoms with Crippen LogP contribution < -0.4 is 0 Å². The Balaban J connectivity index is 1.37. The van der Waals surface area contributed by atoms with Crippen LogP contribution in [0.5, 0.6) is 0 Å². The van der Waals surface area contributed by atoms with Crippen molar-refractivity contribution in [3.63, 3.8) is 0 Å². The normalized spacial score (nSPS) is 23.5. The van der Waals surface area contributed by atoms with Crippen molar-refractivity contribution in [2.75, 3.05) is 7.05 Å². The van der Waals surface area contributed by atoms with Gasteiger partial charge in [-0.2, -0.15) is 0 Å². The van der Waals surface area contributed by atoms with E-state index in [1.165, 1.54) is 0 Å². The Bertz CT molecular complexity index is 810. The topological polar surface area (TPSA) is 53.5 Å². The molecule has 2 fully saturated rings. The highest BCUT2D eigenvalue weighted by Gasteiger charge is 2.44. The summed E-state index contributed by atoms with van der Waals surface area (Å²) in [4.78, 5) is 33.7. The predicted molar refractivity (Wildman–Crippen MR) is 108 cm³/mol. The van der Waals surface area contributed by atoms with Gasteiger partial charge in [0.1, 0.15) is 0 Å². The molecule has 0 aliphatic carbocycles. The second kappa shape index (κ2) is 8.13. The molecule has 2 aliphatic heterocycles. The van der Waals surface area contributed by atoms with Gasteiger partial charge in [-0.3, -0.25) is 14.6 Å². The maximum absolute atomic E-state index is 12.9. The van der Waals surface area contributed by atoms with Gasteiger partial charge in [0, 0.05) is 49.6 Å². The number of fused-ring (bicyclic) bond motifs is 2. The molecule has 4 rings (SSSR count). The van der Waals surface area contributed by atoms with E-state index in [1.54, 1.807) is 12.4 Å². The first-order valence-corrected chi connectivity index (χ1v) is 10.2. The number of amides is 2. The van der Waals surface area contributed by atoms with Crippen LogP contribution in [0, 0.1) is 0 Å². The van der Waals surface area contributed by atoms with E-state index in [4.69, 9.17) is 0 Å². The number of aryl methyl sites for hydroxylation is 1. The van der Waals surface area contributed by atoms with Gasteiger partial charge in [-0.1, -0.05) is 18.2 Å². The molecule has 3 heterocycles. The van der Waals surface area contributed by atoms with Crippen LogP contribution >= 0.6 is 0 Å². The third-order valence-electron chi connectivity index (χ3n) is 6.26. The summed E-state index contributed by atoms with van der Waals surface area (Å²) in [5.41, 5.74) is 1.88. The fourth-order valence-electron chi connectivity index (χ4n) is 4.75. The molecule has 2 unspecified atom stereocenters. The molecule has 2 bridgehead atoms. The zero-order valence-corrected chi connectivity index (χ0v) is 16.3. The van der Waals surface area contributed by atoms with Crippen molar-refractivity contribution in [3.8, 4) is 0 Å². The van der Waals surface area contributed by atoms with Gasteiger partial charge < -0.3 is 9.80 Å². The van der Waals surface area contributed by atoms with Crippen molar-refractivity contribution in [1.82, 2.24) is 14.8 Å². The quantitative estimate of drug-likeness (QED) is 0.803. The van der Waals surface area contributed by atoms with Crippen LogP contribution in [0.15, 0.2) is 54.9 Å². The molecule has 0 saturated carbocycles. The second-order valence-corrected chi connectivity index (χ2v) is 7.95. The molecule has 0 N–H and O–H groups in total. The molecule has 2 amide bonds. The van der Waals surface area contributed by atoms with Crippen LogP contribution in [0.25, 0.3) is 0 Å². The number of benzene rings is 1. The monoisotopic (exact) mass is 377 g/mol. The highest BCUT2D eigenvalue weighted by Crippen LogP contribution is 2.38. The third kappa shape index (κ3) is 3.79. The van der Waals surface area contributed by atoms with E-state index in [0.717, 1.165) is 43.2 Å². The Hall–Kier alpha value is -2.69. The average Bonchev–Trinajstić information content (AvgIpc) is 3.01. The molecule has 5 heteroatoms. The highest BCUT2D eigenvalue weighted by atomic mass is 16.2. The molecule has 2 saturated heterocycles. The number of carbonyl (C=O) groups is 2. The first-order chi connectivity index (χ1) is 13.6. The fourth-order valence-corrected chi connectivity index (χ4v) is 4.75. The largest absolute Gasteiger partial charge is 0.339 e. The second-order valence-electron chi connectivity index (χ2n) is 7.95. The molecule has 28 heavy (non-hydrogen) atoms. The van der Waals surface area contributed by atoms with Gasteiger partial charge in [-0.05, 0) is 61.9 Å². The Morgan fingerprint density at radius 1 is 1.04 bits per heavy atom. The summed E-state index contributed by atoms with van der Waals surface area (Å²) >= 11 is 0. The van der Waals surface area contributed by atoms with Gasteiger partial charge in [0.2, 0.25) is 5.91 Å². The van der Waals surface area contributed by atoms with Crippen molar-refractivity contribution in [2.45, 2.75) is 56.7 Å². The number of rotatable bonds is 5. The lowest BCUT2D eigenvalue weighted by Crippen LogP contribution is -2.52. The van der Waals surface area contributed by atoms with Crippen LogP contribution in [0.1, 0.15) is 48.0 Å². The number of hydrogen-bond donors (Lipinski definition) is 0. The maximum atomic E-state index is 12.9. The van der Waals surface area contributed by atoms with E-state index in [0.29, 0.717) is 6.42 Å². The fraction of sp³-hybridized carbons (Fsp3) is 0.435. The molecule has 2 aromatic rings. The number of carbonyl (C=O) groups excluding carboxylic acids is 2. The van der Waals surface area contributed by atoms with Gasteiger partial charge in [-0.25, -0.2) is 0 Å². The molecule has 2 atom stereocenters. The summed E-state index contributed by atoms with van der Waals surface area (Å²) in [5, 5.41) is 0. The van der Waals surface area contributed by atoms with Gasteiger partial charge in [0.05, 0.1) is 0 Å². The summed E-state index contributed by atoms with van der Waals surface area (Å²) in [6, 6.07) is 14.1. The number of hydrogen-bond acceptors (Lipinski definition) is 3. The average molecular weight is 377 g/mol. The standard InChI is InChI=1S/C23H27N3O2/c1-25(23(28)18-5-3-2-4-6-18)21-15-19-8-9-20(16-21)26(19)22(27)10-7-17-11-13-24-14-12-17/h2-6,11-14,19-21H,7-10,15-16H2,1H3. The van der Waals surface area contributed by atoms with Gasteiger partial charge >= 0.3 is 0 Å². The molecule has 5 nitrogen and oxygen atoms in total. The van der Waals surface area contributed by atoms with Crippen LogP contribution in [0.3, 0.4) is 0 Å². The molecule has 0 spiro atoms. The Morgan fingerprint density at radius 2 is 1.68 bits per heavy atom. The summed E-state index contributed by atoms with van der Waals surface area (Å²) in [6.07, 6.45) is 8.71. The minimum Gasteiger partial charge on any atom is -0.339 e. The van der Waals surface area contributed by atoms with E-state index in [-0.39, 0.29) is 29.9 Å². The minimum atomic E-state index is 0.0717. The molecule has 2 aliphatic rings. The number of nitrogens with zero attached hydrogens (tertiary/aromatic N) is 3. The molecular formula is C23H27N3O2. The Labute approximate surface area is 166 Å². The van der Waals surface area contributed by atoms with Crippen molar-refractivity contribution in [2.24, 2.45) is 0 Å². The number of aromatic nitrogens is 1. The summed E-state index contributed by atoms with van der Waals surface area (Å²) in [5.74, 6) is 0.322. The van der Waals surface area contributed by atoms with Crippen LogP contribution in [0.2, 0.25) is 0 Å². The smallest absolute Gasteiger partial charge is 0.253 e. The maximum Gasteiger partial charge on any atom is 0.253 e. The van der Waals surface area contributed by atoms with Crippen molar-refractivity contribution < 1.29 is 9.59 Å². The lowest BCUT2D eigenvalue weighted by molar-refractivity contribution is -0.136. The van der Waals surface area contributed by atoms with E-state index >= 15 is 0 Å². The van der Waals surface area contributed by atoms with Crippen molar-refractivity contribution in [3.05, 3.63) is 66.0 Å². The SMILES string of the molecule is CN(C(=O)c1ccccc1)C1CC2CCC(C1)N2C(=O)CCc1ccncc1. The molecule has 1 aromatic heterocycles. The predicted octanol–water partition coefficient (Wildman–Crippen LogP) is 3.31. The first-order valence-electron chi connectivity index (χ1n) is 10.2. The van der Waals surface area contributed by atoms with E-state index in [9.17, 15) is 9.59 Å². The first kappa shape index (κ1) is 18.7. The Kier molecular flexibility index (Phi) is 5.42. The number of pyridine rings is 1. The minimum absolute atomic E-state index is 0.0717. The van der Waals surface area contributed by atoms with Gasteiger partial charge in [-0.15, -0.1) is 0 Å². The van der Waals surface area contributed by atoms with E-state index < -0.39 is 0 Å². The van der Waals surface area contributed by atoms with Crippen LogP contribution in [-0.4, -0.2) is 51.8 Å².